The van der Waals surface area contributed by atoms with Crippen molar-refractivity contribution in [1.29, 1.82) is 0 Å². The number of nitrogen functional groups attached to an aromatic ring is 1. The maximum atomic E-state index is 13.6. The van der Waals surface area contributed by atoms with Gasteiger partial charge in [0.2, 0.25) is 0 Å². The van der Waals surface area contributed by atoms with Gasteiger partial charge in [-0.3, -0.25) is 13.9 Å². The first-order valence-corrected chi connectivity index (χ1v) is 13.2. The maximum absolute atomic E-state index is 13.6. The third-order valence-corrected chi connectivity index (χ3v) is 7.38. The number of benzene rings is 1. The van der Waals surface area contributed by atoms with Gasteiger partial charge in [0.05, 0.1) is 12.7 Å². The van der Waals surface area contributed by atoms with E-state index < -0.39 is 60.9 Å². The molecule has 4 N–H and O–H groups in total. The molecular formula is C21H27Cl2N4O8P. The van der Waals surface area contributed by atoms with E-state index in [0.29, 0.717) is 0 Å². The van der Waals surface area contributed by atoms with Crippen LogP contribution in [0.2, 0.25) is 0 Å². The zero-order valence-electron chi connectivity index (χ0n) is 19.6. The molecule has 15 heteroatoms. The third kappa shape index (κ3) is 6.77. The summed E-state index contributed by atoms with van der Waals surface area (Å²) in [6.07, 6.45) is -3.33. The SMILES string of the molecule is CC(C)OC(=O)[C@@H](C)NP(=O)(OC[C@H]1OC(n2ccc(N)nc2=O)C(Cl)(Cl)[C@@H]1O)Oc1ccccc1. The van der Waals surface area contributed by atoms with E-state index in [0.717, 1.165) is 4.57 Å². The van der Waals surface area contributed by atoms with Crippen molar-refractivity contribution in [3.8, 4) is 5.75 Å². The molecule has 1 saturated heterocycles. The van der Waals surface area contributed by atoms with Gasteiger partial charge in [0.1, 0.15) is 29.8 Å². The second-order valence-electron chi connectivity index (χ2n) is 8.22. The zero-order chi connectivity index (χ0) is 26.7. The van der Waals surface area contributed by atoms with Crippen molar-refractivity contribution in [3.63, 3.8) is 0 Å². The van der Waals surface area contributed by atoms with E-state index >= 15 is 0 Å². The molecular weight excluding hydrogens is 538 g/mol. The minimum atomic E-state index is -4.25. The summed E-state index contributed by atoms with van der Waals surface area (Å²) in [7, 11) is -4.25. The lowest BCUT2D eigenvalue weighted by Gasteiger charge is -2.25. The van der Waals surface area contributed by atoms with Crippen LogP contribution >= 0.6 is 30.9 Å². The zero-order valence-corrected chi connectivity index (χ0v) is 22.0. The second kappa shape index (κ2) is 11.5. The molecule has 1 aromatic heterocycles. The summed E-state index contributed by atoms with van der Waals surface area (Å²) in [4.78, 5) is 28.1. The van der Waals surface area contributed by atoms with Gasteiger partial charge in [0, 0.05) is 6.20 Å². The van der Waals surface area contributed by atoms with Crippen LogP contribution in [0.15, 0.2) is 47.4 Å². The fourth-order valence-electron chi connectivity index (χ4n) is 3.22. The molecule has 0 radical (unpaired) electrons. The molecule has 12 nitrogen and oxygen atoms in total. The number of halogens is 2. The summed E-state index contributed by atoms with van der Waals surface area (Å²) in [5.74, 6) is -0.523. The van der Waals surface area contributed by atoms with Gasteiger partial charge < -0.3 is 24.8 Å². The Hall–Kier alpha value is -2.18. The molecule has 0 amide bonds. The lowest BCUT2D eigenvalue weighted by atomic mass is 10.2. The van der Waals surface area contributed by atoms with Gasteiger partial charge in [0.25, 0.3) is 0 Å². The van der Waals surface area contributed by atoms with Crippen molar-refractivity contribution < 1.29 is 33.0 Å². The molecule has 0 spiro atoms. The molecule has 3 rings (SSSR count). The summed E-state index contributed by atoms with van der Waals surface area (Å²) in [5.41, 5.74) is 4.70. The topological polar surface area (TPSA) is 164 Å². The van der Waals surface area contributed by atoms with Crippen molar-refractivity contribution in [2.24, 2.45) is 0 Å². The van der Waals surface area contributed by atoms with Crippen LogP contribution in [-0.2, 0) is 23.4 Å². The Morgan fingerprint density at radius 2 is 1.97 bits per heavy atom. The van der Waals surface area contributed by atoms with E-state index in [1.54, 1.807) is 32.0 Å². The van der Waals surface area contributed by atoms with E-state index in [1.165, 1.54) is 31.3 Å². The van der Waals surface area contributed by atoms with Crippen LogP contribution in [-0.4, -0.2) is 55.9 Å². The van der Waals surface area contributed by atoms with Gasteiger partial charge in [-0.15, -0.1) is 0 Å². The summed E-state index contributed by atoms with van der Waals surface area (Å²) in [5, 5.41) is 13.2. The number of hydrogen-bond acceptors (Lipinski definition) is 10. The quantitative estimate of drug-likeness (QED) is 0.220. The summed E-state index contributed by atoms with van der Waals surface area (Å²) >= 11 is 12.6. The Bertz CT molecular complexity index is 1170. The Kier molecular flexibility index (Phi) is 9.05. The van der Waals surface area contributed by atoms with Gasteiger partial charge in [-0.2, -0.15) is 10.1 Å². The van der Waals surface area contributed by atoms with E-state index in [9.17, 15) is 19.3 Å². The molecule has 2 aromatic rings. The average molecular weight is 565 g/mol. The van der Waals surface area contributed by atoms with Gasteiger partial charge in [0.15, 0.2) is 10.6 Å². The van der Waals surface area contributed by atoms with Crippen LogP contribution in [0.1, 0.15) is 27.0 Å². The number of nitrogens with two attached hydrogens (primary N) is 1. The minimum absolute atomic E-state index is 0.0281. The molecule has 2 heterocycles. The molecule has 1 aliphatic rings. The number of nitrogens with one attached hydrogen (secondary N) is 1. The van der Waals surface area contributed by atoms with Crippen molar-refractivity contribution in [3.05, 3.63) is 53.1 Å². The van der Waals surface area contributed by atoms with E-state index in [2.05, 4.69) is 10.1 Å². The summed E-state index contributed by atoms with van der Waals surface area (Å²) in [6, 6.07) is 8.35. The Morgan fingerprint density at radius 3 is 2.58 bits per heavy atom. The van der Waals surface area contributed by atoms with Crippen LogP contribution in [0.4, 0.5) is 5.82 Å². The van der Waals surface area contributed by atoms with Gasteiger partial charge in [-0.05, 0) is 39.0 Å². The molecule has 36 heavy (non-hydrogen) atoms. The van der Waals surface area contributed by atoms with E-state index in [-0.39, 0.29) is 11.6 Å². The Balaban J connectivity index is 1.79. The summed E-state index contributed by atoms with van der Waals surface area (Å²) < 4.78 is 34.5. The number of alkyl halides is 2. The van der Waals surface area contributed by atoms with Crippen LogP contribution in [0.3, 0.4) is 0 Å². The lowest BCUT2D eigenvalue weighted by molar-refractivity contribution is -0.149. The number of hydrogen-bond donors (Lipinski definition) is 3. The third-order valence-electron chi connectivity index (χ3n) is 4.92. The standard InChI is InChI=1S/C21H27Cl2N4O8P/c1-12(2)33-18(29)13(3)26-36(31,35-14-7-5-4-6-8-14)32-11-15-17(28)21(22,23)19(34-15)27-10-9-16(24)25-20(27)30/h4-10,12-13,15,17,19,28H,11H2,1-3H3,(H,26,31)(H2,24,25,30)/t13-,15-,17-,19?,36?/m1/s1. The van der Waals surface area contributed by atoms with Crippen LogP contribution in [0, 0.1) is 0 Å². The number of esters is 1. The van der Waals surface area contributed by atoms with Gasteiger partial charge in [-0.1, -0.05) is 41.4 Å². The number of carbonyl (C=O) groups is 1. The van der Waals surface area contributed by atoms with Crippen molar-refractivity contribution in [2.45, 2.75) is 55.7 Å². The average Bonchev–Trinajstić information content (AvgIpc) is 3.01. The molecule has 5 atom stereocenters. The van der Waals surface area contributed by atoms with Crippen molar-refractivity contribution >= 4 is 42.7 Å². The second-order valence-corrected chi connectivity index (χ2v) is 11.4. The minimum Gasteiger partial charge on any atom is -0.462 e. The van der Waals surface area contributed by atoms with Crippen LogP contribution in [0.25, 0.3) is 0 Å². The molecule has 0 saturated carbocycles. The number of rotatable bonds is 10. The molecule has 0 aliphatic carbocycles. The van der Waals surface area contributed by atoms with Gasteiger partial charge in [-0.25, -0.2) is 9.36 Å². The van der Waals surface area contributed by atoms with Crippen LogP contribution < -0.4 is 21.0 Å². The highest BCUT2D eigenvalue weighted by atomic mass is 35.5. The van der Waals surface area contributed by atoms with Crippen molar-refractivity contribution in [2.75, 3.05) is 12.3 Å². The number of aliphatic hydroxyl groups excluding tert-OH is 1. The predicted octanol–water partition coefficient (Wildman–Crippen LogP) is 2.39. The predicted molar refractivity (Wildman–Crippen MR) is 132 cm³/mol. The van der Waals surface area contributed by atoms with E-state index in [4.69, 9.17) is 47.5 Å². The number of nitrogens with zero attached hydrogens (tertiary/aromatic N) is 2. The first-order chi connectivity index (χ1) is 16.8. The molecule has 1 fully saturated rings. The normalized spacial score (nSPS) is 23.7. The number of ether oxygens (including phenoxy) is 2. The highest BCUT2D eigenvalue weighted by Crippen LogP contribution is 2.49. The number of anilines is 1. The van der Waals surface area contributed by atoms with Gasteiger partial charge >= 0.3 is 19.4 Å². The first-order valence-electron chi connectivity index (χ1n) is 10.9. The number of aromatic nitrogens is 2. The van der Waals surface area contributed by atoms with Crippen molar-refractivity contribution in [1.82, 2.24) is 14.6 Å². The van der Waals surface area contributed by atoms with E-state index in [1.807, 2.05) is 0 Å². The highest BCUT2D eigenvalue weighted by Gasteiger charge is 2.56. The molecule has 0 bridgehead atoms. The maximum Gasteiger partial charge on any atom is 0.459 e. The molecule has 198 valence electrons. The molecule has 1 aromatic carbocycles. The smallest absolute Gasteiger partial charge is 0.459 e. The fourth-order valence-corrected chi connectivity index (χ4v) is 5.31. The lowest BCUT2D eigenvalue weighted by Crippen LogP contribution is -2.40. The largest absolute Gasteiger partial charge is 0.462 e. The Labute approximate surface area is 217 Å². The number of carbonyl (C=O) groups excluding carboxylic acids is 1. The molecule has 1 aliphatic heterocycles. The first kappa shape index (κ1) is 28.4. The monoisotopic (exact) mass is 564 g/mol. The Morgan fingerprint density at radius 1 is 1.31 bits per heavy atom. The number of para-hydroxylation sites is 1. The highest BCUT2D eigenvalue weighted by molar-refractivity contribution is 7.52. The number of aliphatic hydroxyl groups is 1. The molecule has 2 unspecified atom stereocenters. The van der Waals surface area contributed by atoms with Crippen LogP contribution in [0.5, 0.6) is 5.75 Å². The summed E-state index contributed by atoms with van der Waals surface area (Å²) in [6.45, 7) is 4.22. The fraction of sp³-hybridized carbons (Fsp3) is 0.476.